The summed E-state index contributed by atoms with van der Waals surface area (Å²) in [6.45, 7) is 12.1. The van der Waals surface area contributed by atoms with Crippen LogP contribution in [0.4, 0.5) is 9.59 Å². The maximum atomic E-state index is 11.8. The molecule has 0 aliphatic heterocycles. The van der Waals surface area contributed by atoms with Crippen LogP contribution in [0.3, 0.4) is 0 Å². The second-order valence-corrected chi connectivity index (χ2v) is 10.6. The summed E-state index contributed by atoms with van der Waals surface area (Å²) in [4.78, 5) is 22.9. The molecule has 25 heavy (non-hydrogen) atoms. The number of hydrogen-bond acceptors (Lipinski definition) is 6. The maximum absolute atomic E-state index is 11.8. The SMILES string of the molecule is CC(C)(C)CNC(=O)OCCS(=O)(=O)CCOC(=O)NCC(C)(C)C. The van der Waals surface area contributed by atoms with Gasteiger partial charge >= 0.3 is 12.2 Å². The monoisotopic (exact) mass is 380 g/mol. The fourth-order valence-electron chi connectivity index (χ4n) is 1.40. The van der Waals surface area contributed by atoms with Crippen LogP contribution in [0, 0.1) is 10.8 Å². The van der Waals surface area contributed by atoms with E-state index >= 15 is 0 Å². The molecule has 0 aromatic heterocycles. The molecule has 0 bridgehead atoms. The van der Waals surface area contributed by atoms with Crippen LogP contribution in [0.2, 0.25) is 0 Å². The highest BCUT2D eigenvalue weighted by molar-refractivity contribution is 7.91. The number of alkyl carbamates (subject to hydrolysis) is 2. The molecule has 148 valence electrons. The van der Waals surface area contributed by atoms with Gasteiger partial charge in [0.25, 0.3) is 0 Å². The Morgan fingerprint density at radius 3 is 1.36 bits per heavy atom. The van der Waals surface area contributed by atoms with Crippen molar-refractivity contribution in [1.29, 1.82) is 0 Å². The van der Waals surface area contributed by atoms with Crippen molar-refractivity contribution in [2.24, 2.45) is 10.8 Å². The minimum atomic E-state index is -3.47. The Bertz CT molecular complexity index is 490. The van der Waals surface area contributed by atoms with Gasteiger partial charge in [-0.25, -0.2) is 18.0 Å². The fraction of sp³-hybridized carbons (Fsp3) is 0.875. The average molecular weight is 381 g/mol. The molecule has 0 aliphatic carbocycles. The van der Waals surface area contributed by atoms with E-state index in [2.05, 4.69) is 10.6 Å². The molecule has 0 spiro atoms. The van der Waals surface area contributed by atoms with E-state index in [1.54, 1.807) is 0 Å². The topological polar surface area (TPSA) is 111 Å². The Labute approximate surface area is 150 Å². The van der Waals surface area contributed by atoms with Crippen LogP contribution in [0.15, 0.2) is 0 Å². The van der Waals surface area contributed by atoms with Crippen molar-refractivity contribution < 1.29 is 27.5 Å². The van der Waals surface area contributed by atoms with Crippen molar-refractivity contribution in [3.63, 3.8) is 0 Å². The molecule has 9 heteroatoms. The normalized spacial score (nSPS) is 12.4. The Kier molecular flexibility index (Phi) is 9.24. The van der Waals surface area contributed by atoms with E-state index in [1.165, 1.54) is 0 Å². The van der Waals surface area contributed by atoms with E-state index in [-0.39, 0.29) is 35.5 Å². The summed E-state index contributed by atoms with van der Waals surface area (Å²) < 4.78 is 33.3. The van der Waals surface area contributed by atoms with Gasteiger partial charge in [0.1, 0.15) is 13.2 Å². The van der Waals surface area contributed by atoms with E-state index in [4.69, 9.17) is 9.47 Å². The number of ether oxygens (including phenoxy) is 2. The van der Waals surface area contributed by atoms with Gasteiger partial charge in [0.05, 0.1) is 11.5 Å². The van der Waals surface area contributed by atoms with Crippen molar-refractivity contribution in [3.8, 4) is 0 Å². The second-order valence-electron chi connectivity index (χ2n) is 8.25. The van der Waals surface area contributed by atoms with Gasteiger partial charge in [0.2, 0.25) is 0 Å². The van der Waals surface area contributed by atoms with Crippen LogP contribution in [0.1, 0.15) is 41.5 Å². The van der Waals surface area contributed by atoms with Crippen molar-refractivity contribution in [1.82, 2.24) is 10.6 Å². The first-order valence-corrected chi connectivity index (χ1v) is 10.0. The van der Waals surface area contributed by atoms with E-state index < -0.39 is 22.0 Å². The largest absolute Gasteiger partial charge is 0.448 e. The highest BCUT2D eigenvalue weighted by Crippen LogP contribution is 2.10. The predicted molar refractivity (Wildman–Crippen MR) is 96.3 cm³/mol. The standard InChI is InChI=1S/C16H32N2O6S/c1-15(2,3)11-17-13(19)23-7-9-25(21,22)10-8-24-14(20)18-12-16(4,5)6/h7-12H2,1-6H3,(H,17,19)(H,18,20). The van der Waals surface area contributed by atoms with Crippen LogP contribution in [0.5, 0.6) is 0 Å². The molecule has 0 saturated heterocycles. The molecule has 0 aromatic rings. The molecule has 0 atom stereocenters. The Morgan fingerprint density at radius 1 is 0.760 bits per heavy atom. The summed E-state index contributed by atoms with van der Waals surface area (Å²) in [6, 6.07) is 0. The van der Waals surface area contributed by atoms with Gasteiger partial charge in [-0.15, -0.1) is 0 Å². The first-order valence-electron chi connectivity index (χ1n) is 8.22. The third-order valence-electron chi connectivity index (χ3n) is 2.78. The lowest BCUT2D eigenvalue weighted by Gasteiger charge is -2.18. The molecular weight excluding hydrogens is 348 g/mol. The zero-order chi connectivity index (χ0) is 19.7. The highest BCUT2D eigenvalue weighted by Gasteiger charge is 2.16. The molecule has 0 fully saturated rings. The van der Waals surface area contributed by atoms with Crippen LogP contribution in [0.25, 0.3) is 0 Å². The number of carbonyl (C=O) groups is 2. The molecule has 0 heterocycles. The Morgan fingerprint density at radius 2 is 1.08 bits per heavy atom. The van der Waals surface area contributed by atoms with E-state index in [9.17, 15) is 18.0 Å². The molecule has 0 radical (unpaired) electrons. The molecular formula is C16H32N2O6S. The number of hydrogen-bond donors (Lipinski definition) is 2. The minimum Gasteiger partial charge on any atom is -0.448 e. The summed E-state index contributed by atoms with van der Waals surface area (Å²) in [6.07, 6.45) is -1.30. The lowest BCUT2D eigenvalue weighted by atomic mass is 9.97. The van der Waals surface area contributed by atoms with Gasteiger partial charge in [-0.05, 0) is 10.8 Å². The summed E-state index contributed by atoms with van der Waals surface area (Å²) in [7, 11) is -3.47. The molecule has 8 nitrogen and oxygen atoms in total. The Balaban J connectivity index is 3.95. The first-order chi connectivity index (χ1) is 11.2. The van der Waals surface area contributed by atoms with Crippen molar-refractivity contribution in [2.45, 2.75) is 41.5 Å². The number of carbonyl (C=O) groups excluding carboxylic acids is 2. The molecule has 0 aromatic carbocycles. The molecule has 0 saturated carbocycles. The molecule has 0 unspecified atom stereocenters. The third-order valence-corrected chi connectivity index (χ3v) is 4.36. The predicted octanol–water partition coefficient (Wildman–Crippen LogP) is 1.95. The number of amides is 2. The summed E-state index contributed by atoms with van der Waals surface area (Å²) in [5, 5.41) is 5.12. The van der Waals surface area contributed by atoms with Gasteiger partial charge in [-0.1, -0.05) is 41.5 Å². The zero-order valence-electron chi connectivity index (χ0n) is 16.1. The molecule has 2 N–H and O–H groups in total. The van der Waals surface area contributed by atoms with Gasteiger partial charge in [0, 0.05) is 13.1 Å². The van der Waals surface area contributed by atoms with Crippen molar-refractivity contribution in [3.05, 3.63) is 0 Å². The molecule has 0 aliphatic rings. The summed E-state index contributed by atoms with van der Waals surface area (Å²) >= 11 is 0. The quantitative estimate of drug-likeness (QED) is 0.666. The average Bonchev–Trinajstić information content (AvgIpc) is 2.41. The molecule has 2 amide bonds. The van der Waals surface area contributed by atoms with Crippen molar-refractivity contribution in [2.75, 3.05) is 37.8 Å². The van der Waals surface area contributed by atoms with E-state index in [0.717, 1.165) is 0 Å². The zero-order valence-corrected chi connectivity index (χ0v) is 16.9. The first kappa shape index (κ1) is 23.5. The third kappa shape index (κ3) is 15.7. The van der Waals surface area contributed by atoms with Gasteiger partial charge in [0.15, 0.2) is 9.84 Å². The summed E-state index contributed by atoms with van der Waals surface area (Å²) in [5.74, 6) is -0.633. The minimum absolute atomic E-state index is 0.0873. The van der Waals surface area contributed by atoms with Crippen LogP contribution >= 0.6 is 0 Å². The number of rotatable bonds is 8. The number of sulfone groups is 1. The number of nitrogens with one attached hydrogen (secondary N) is 2. The second kappa shape index (κ2) is 9.84. The Hall–Kier alpha value is -1.51. The maximum Gasteiger partial charge on any atom is 0.407 e. The lowest BCUT2D eigenvalue weighted by molar-refractivity contribution is 0.148. The van der Waals surface area contributed by atoms with Crippen molar-refractivity contribution >= 4 is 22.0 Å². The van der Waals surface area contributed by atoms with Gasteiger partial charge in [-0.3, -0.25) is 0 Å². The van der Waals surface area contributed by atoms with Gasteiger partial charge in [-0.2, -0.15) is 0 Å². The van der Waals surface area contributed by atoms with Crippen LogP contribution in [-0.2, 0) is 19.3 Å². The van der Waals surface area contributed by atoms with Crippen LogP contribution in [-0.4, -0.2) is 58.4 Å². The molecule has 0 rings (SSSR count). The van der Waals surface area contributed by atoms with E-state index in [0.29, 0.717) is 13.1 Å². The lowest BCUT2D eigenvalue weighted by Crippen LogP contribution is -2.34. The highest BCUT2D eigenvalue weighted by atomic mass is 32.2. The summed E-state index contributed by atoms with van der Waals surface area (Å²) in [5.41, 5.74) is -0.175. The smallest absolute Gasteiger partial charge is 0.407 e. The van der Waals surface area contributed by atoms with E-state index in [1.807, 2.05) is 41.5 Å². The van der Waals surface area contributed by atoms with Gasteiger partial charge < -0.3 is 20.1 Å². The fourth-order valence-corrected chi connectivity index (χ4v) is 2.28. The van der Waals surface area contributed by atoms with Crippen LogP contribution < -0.4 is 10.6 Å².